The maximum absolute atomic E-state index is 13.7. The SMILES string of the molecule is COc1ccccc1NC(=O)C1=C(C)Nc2nc(-c3cccc(Cl)c3)nn2C1c1ccc(Cl)cc1. The van der Waals surface area contributed by atoms with Crippen molar-refractivity contribution in [1.82, 2.24) is 14.8 Å². The van der Waals surface area contributed by atoms with Gasteiger partial charge in [-0.15, -0.1) is 5.10 Å². The monoisotopic (exact) mass is 505 g/mol. The van der Waals surface area contributed by atoms with Crippen molar-refractivity contribution in [2.24, 2.45) is 0 Å². The highest BCUT2D eigenvalue weighted by atomic mass is 35.5. The van der Waals surface area contributed by atoms with Crippen LogP contribution in [0.4, 0.5) is 11.6 Å². The number of amides is 1. The first-order chi connectivity index (χ1) is 16.9. The van der Waals surface area contributed by atoms with Crippen LogP contribution in [0.3, 0.4) is 0 Å². The minimum Gasteiger partial charge on any atom is -0.495 e. The summed E-state index contributed by atoms with van der Waals surface area (Å²) in [6, 6.07) is 21.4. The Morgan fingerprint density at radius 1 is 1.03 bits per heavy atom. The summed E-state index contributed by atoms with van der Waals surface area (Å²) >= 11 is 12.3. The fraction of sp³-hybridized carbons (Fsp3) is 0.115. The van der Waals surface area contributed by atoms with Gasteiger partial charge in [0.15, 0.2) is 5.82 Å². The molecule has 1 aliphatic rings. The first-order valence-electron chi connectivity index (χ1n) is 10.8. The van der Waals surface area contributed by atoms with Crippen molar-refractivity contribution in [3.05, 3.63) is 99.7 Å². The molecule has 0 spiro atoms. The zero-order valence-corrected chi connectivity index (χ0v) is 20.4. The highest BCUT2D eigenvalue weighted by Crippen LogP contribution is 2.38. The molecule has 0 radical (unpaired) electrons. The molecule has 2 N–H and O–H groups in total. The molecule has 1 aliphatic heterocycles. The van der Waals surface area contributed by atoms with Crippen LogP contribution in [-0.4, -0.2) is 27.8 Å². The van der Waals surface area contributed by atoms with Crippen molar-refractivity contribution < 1.29 is 9.53 Å². The predicted octanol–water partition coefficient (Wildman–Crippen LogP) is 6.19. The van der Waals surface area contributed by atoms with Gasteiger partial charge in [0.25, 0.3) is 5.91 Å². The van der Waals surface area contributed by atoms with E-state index in [2.05, 4.69) is 15.6 Å². The van der Waals surface area contributed by atoms with E-state index in [1.165, 1.54) is 0 Å². The summed E-state index contributed by atoms with van der Waals surface area (Å²) < 4.78 is 7.12. The summed E-state index contributed by atoms with van der Waals surface area (Å²) in [5.74, 6) is 1.29. The van der Waals surface area contributed by atoms with Gasteiger partial charge in [0.05, 0.1) is 18.4 Å². The van der Waals surface area contributed by atoms with Crippen LogP contribution in [-0.2, 0) is 4.79 Å². The Morgan fingerprint density at radius 3 is 2.54 bits per heavy atom. The molecule has 7 nitrogen and oxygen atoms in total. The van der Waals surface area contributed by atoms with E-state index >= 15 is 0 Å². The number of anilines is 2. The van der Waals surface area contributed by atoms with Crippen LogP contribution in [0.25, 0.3) is 11.4 Å². The number of carbonyl (C=O) groups is 1. The molecule has 1 atom stereocenters. The van der Waals surface area contributed by atoms with E-state index in [1.54, 1.807) is 48.2 Å². The Labute approximate surface area is 212 Å². The van der Waals surface area contributed by atoms with Crippen LogP contribution in [0.5, 0.6) is 5.75 Å². The summed E-state index contributed by atoms with van der Waals surface area (Å²) in [5, 5.41) is 12.2. The summed E-state index contributed by atoms with van der Waals surface area (Å²) in [6.07, 6.45) is 0. The number of carbonyl (C=O) groups excluding carboxylic acids is 1. The number of aromatic nitrogens is 3. The third-order valence-corrected chi connectivity index (χ3v) is 6.21. The van der Waals surface area contributed by atoms with E-state index in [9.17, 15) is 4.79 Å². The minimum absolute atomic E-state index is 0.287. The molecule has 0 fully saturated rings. The van der Waals surface area contributed by atoms with Gasteiger partial charge in [0.2, 0.25) is 5.95 Å². The van der Waals surface area contributed by atoms with Gasteiger partial charge in [-0.1, -0.05) is 59.6 Å². The van der Waals surface area contributed by atoms with E-state index in [0.29, 0.717) is 44.5 Å². The Morgan fingerprint density at radius 2 is 1.80 bits per heavy atom. The van der Waals surface area contributed by atoms with E-state index in [4.69, 9.17) is 33.0 Å². The van der Waals surface area contributed by atoms with Crippen LogP contribution in [0.1, 0.15) is 18.5 Å². The molecule has 5 rings (SSSR count). The number of para-hydroxylation sites is 2. The number of rotatable bonds is 5. The van der Waals surface area contributed by atoms with Gasteiger partial charge in [-0.05, 0) is 48.9 Å². The summed E-state index contributed by atoms with van der Waals surface area (Å²) in [4.78, 5) is 18.3. The maximum Gasteiger partial charge on any atom is 0.255 e. The Balaban J connectivity index is 1.60. The molecule has 0 aliphatic carbocycles. The Bertz CT molecular complexity index is 1450. The second kappa shape index (κ2) is 9.44. The number of nitrogens with one attached hydrogen (secondary N) is 2. The number of benzene rings is 3. The number of methoxy groups -OCH3 is 1. The molecule has 0 saturated carbocycles. The molecule has 1 aromatic heterocycles. The smallest absolute Gasteiger partial charge is 0.255 e. The van der Waals surface area contributed by atoms with Crippen molar-refractivity contribution in [2.45, 2.75) is 13.0 Å². The molecule has 2 heterocycles. The fourth-order valence-corrected chi connectivity index (χ4v) is 4.40. The Hall–Kier alpha value is -3.81. The molecular formula is C26H21Cl2N5O2. The van der Waals surface area contributed by atoms with Gasteiger partial charge in [-0.2, -0.15) is 4.98 Å². The lowest BCUT2D eigenvalue weighted by molar-refractivity contribution is -0.113. The van der Waals surface area contributed by atoms with Gasteiger partial charge in [-0.25, -0.2) is 4.68 Å². The van der Waals surface area contributed by atoms with Gasteiger partial charge in [-0.3, -0.25) is 4.79 Å². The average Bonchev–Trinajstić information content (AvgIpc) is 3.28. The summed E-state index contributed by atoms with van der Waals surface area (Å²) in [7, 11) is 1.56. The van der Waals surface area contributed by atoms with Gasteiger partial charge in [0.1, 0.15) is 11.8 Å². The number of fused-ring (bicyclic) bond motifs is 1. The van der Waals surface area contributed by atoms with Crippen molar-refractivity contribution in [3.63, 3.8) is 0 Å². The minimum atomic E-state index is -0.543. The molecule has 3 aromatic carbocycles. The number of halogens is 2. The second-order valence-corrected chi connectivity index (χ2v) is 8.86. The molecular weight excluding hydrogens is 485 g/mol. The quantitative estimate of drug-likeness (QED) is 0.338. The lowest BCUT2D eigenvalue weighted by atomic mass is 9.95. The molecule has 1 amide bonds. The number of ether oxygens (including phenoxy) is 1. The molecule has 176 valence electrons. The van der Waals surface area contributed by atoms with E-state index in [-0.39, 0.29) is 5.91 Å². The lowest BCUT2D eigenvalue weighted by Crippen LogP contribution is -2.31. The molecule has 35 heavy (non-hydrogen) atoms. The van der Waals surface area contributed by atoms with E-state index in [1.807, 2.05) is 43.3 Å². The van der Waals surface area contributed by atoms with Crippen LogP contribution in [0.15, 0.2) is 84.1 Å². The van der Waals surface area contributed by atoms with Gasteiger partial charge < -0.3 is 15.4 Å². The number of allylic oxidation sites excluding steroid dienone is 1. The van der Waals surface area contributed by atoms with E-state index in [0.717, 1.165) is 11.1 Å². The highest BCUT2D eigenvalue weighted by Gasteiger charge is 2.34. The van der Waals surface area contributed by atoms with Crippen molar-refractivity contribution in [1.29, 1.82) is 0 Å². The number of hydrogen-bond acceptors (Lipinski definition) is 5. The van der Waals surface area contributed by atoms with Crippen LogP contribution in [0.2, 0.25) is 10.0 Å². The molecule has 1 unspecified atom stereocenters. The van der Waals surface area contributed by atoms with Crippen molar-refractivity contribution in [3.8, 4) is 17.1 Å². The predicted molar refractivity (Wildman–Crippen MR) is 138 cm³/mol. The number of nitrogens with zero attached hydrogens (tertiary/aromatic N) is 3. The second-order valence-electron chi connectivity index (χ2n) is 7.99. The average molecular weight is 506 g/mol. The molecule has 9 heteroatoms. The Kier molecular flexibility index (Phi) is 6.19. The molecule has 0 bridgehead atoms. The summed E-state index contributed by atoms with van der Waals surface area (Å²) in [5.41, 5.74) is 3.33. The first kappa shape index (κ1) is 23.0. The zero-order chi connectivity index (χ0) is 24.5. The largest absolute Gasteiger partial charge is 0.495 e. The normalized spacial score (nSPS) is 14.8. The lowest BCUT2D eigenvalue weighted by Gasteiger charge is -2.28. The fourth-order valence-electron chi connectivity index (χ4n) is 4.09. The first-order valence-corrected chi connectivity index (χ1v) is 11.6. The molecule has 4 aromatic rings. The summed E-state index contributed by atoms with van der Waals surface area (Å²) in [6.45, 7) is 1.84. The van der Waals surface area contributed by atoms with Gasteiger partial charge in [0, 0.05) is 21.3 Å². The standard InChI is InChI=1S/C26H21Cl2N5O2/c1-15-22(25(34)30-20-8-3-4-9-21(20)35-2)23(16-10-12-18(27)13-11-16)33-26(29-15)31-24(32-33)17-6-5-7-19(28)14-17/h3-14,23H,1-2H3,(H,30,34)(H,29,31,32). The van der Waals surface area contributed by atoms with Crippen LogP contribution < -0.4 is 15.4 Å². The topological polar surface area (TPSA) is 81.1 Å². The van der Waals surface area contributed by atoms with Gasteiger partial charge >= 0.3 is 0 Å². The zero-order valence-electron chi connectivity index (χ0n) is 18.9. The number of hydrogen-bond donors (Lipinski definition) is 2. The highest BCUT2D eigenvalue weighted by molar-refractivity contribution is 6.31. The third kappa shape index (κ3) is 4.48. The third-order valence-electron chi connectivity index (χ3n) is 5.72. The van der Waals surface area contributed by atoms with E-state index < -0.39 is 6.04 Å². The van der Waals surface area contributed by atoms with Crippen LogP contribution in [0, 0.1) is 0 Å². The van der Waals surface area contributed by atoms with Crippen molar-refractivity contribution in [2.75, 3.05) is 17.7 Å². The molecule has 0 saturated heterocycles. The van der Waals surface area contributed by atoms with Crippen molar-refractivity contribution >= 4 is 40.7 Å². The van der Waals surface area contributed by atoms with Crippen LogP contribution >= 0.6 is 23.2 Å². The maximum atomic E-state index is 13.7.